The third-order valence-electron chi connectivity index (χ3n) is 5.83. The minimum absolute atomic E-state index is 0.208. The molecule has 4 rings (SSSR count). The summed E-state index contributed by atoms with van der Waals surface area (Å²) in [5, 5.41) is 10.2. The predicted octanol–water partition coefficient (Wildman–Crippen LogP) is 4.07. The van der Waals surface area contributed by atoms with Gasteiger partial charge in [0.2, 0.25) is 0 Å². The average Bonchev–Trinajstić information content (AvgIpc) is 2.76. The number of aryl methyl sites for hydroxylation is 1. The van der Waals surface area contributed by atoms with Crippen molar-refractivity contribution >= 4 is 5.82 Å². The maximum absolute atomic E-state index is 14.4. The monoisotopic (exact) mass is 434 g/mol. The first-order valence-electron chi connectivity index (χ1n) is 11.2. The van der Waals surface area contributed by atoms with Crippen LogP contribution in [0.4, 0.5) is 10.2 Å². The van der Waals surface area contributed by atoms with Crippen molar-refractivity contribution in [3.05, 3.63) is 77.2 Å². The molecule has 168 valence electrons. The molecule has 5 nitrogen and oxygen atoms in total. The first-order chi connectivity index (χ1) is 15.3. The number of nitrogens with zero attached hydrogens (tertiary/aromatic N) is 4. The van der Waals surface area contributed by atoms with Crippen LogP contribution < -0.4 is 4.90 Å². The molecule has 0 saturated carbocycles. The van der Waals surface area contributed by atoms with Crippen molar-refractivity contribution in [1.29, 1.82) is 0 Å². The number of hydrogen-bond donors (Lipinski definition) is 1. The number of rotatable bonds is 6. The van der Waals surface area contributed by atoms with Crippen LogP contribution in [0.2, 0.25) is 0 Å². The quantitative estimate of drug-likeness (QED) is 0.634. The van der Waals surface area contributed by atoms with E-state index in [0.29, 0.717) is 24.4 Å². The standard InChI is InChI=1S/C26H31FN4O/c1-19-22(17-21-11-7-8-12-23(21)27)25(29-24(28-19)20-9-5-4-6-10-20)31-15-13-30(14-16-31)18-26(2,3)32/h4-12,32H,13-18H2,1-3H3. The molecule has 2 aromatic carbocycles. The number of aliphatic hydroxyl groups is 1. The molecule has 2 heterocycles. The molecule has 3 aromatic rings. The molecule has 1 aliphatic heterocycles. The average molecular weight is 435 g/mol. The van der Waals surface area contributed by atoms with Gasteiger partial charge in [0.15, 0.2) is 5.82 Å². The molecule has 0 amide bonds. The number of β-amino-alcohol motifs (C(OH)–C–C–N with tert-alkyl or cyclic N) is 1. The van der Waals surface area contributed by atoms with Gasteiger partial charge in [0.1, 0.15) is 11.6 Å². The topological polar surface area (TPSA) is 52.5 Å². The SMILES string of the molecule is Cc1nc(-c2ccccc2)nc(N2CCN(CC(C)(C)O)CC2)c1Cc1ccccc1F. The smallest absolute Gasteiger partial charge is 0.161 e. The van der Waals surface area contributed by atoms with E-state index in [-0.39, 0.29) is 5.82 Å². The molecule has 0 unspecified atom stereocenters. The molecular formula is C26H31FN4O. The zero-order valence-electron chi connectivity index (χ0n) is 19.1. The molecule has 0 atom stereocenters. The van der Waals surface area contributed by atoms with Crippen LogP contribution in [0.15, 0.2) is 54.6 Å². The maximum atomic E-state index is 14.4. The maximum Gasteiger partial charge on any atom is 0.161 e. The van der Waals surface area contributed by atoms with Gasteiger partial charge in [-0.25, -0.2) is 14.4 Å². The molecule has 1 fully saturated rings. The van der Waals surface area contributed by atoms with E-state index in [0.717, 1.165) is 48.8 Å². The number of halogens is 1. The zero-order chi connectivity index (χ0) is 22.7. The van der Waals surface area contributed by atoms with Crippen LogP contribution in [0.1, 0.15) is 30.7 Å². The third kappa shape index (κ3) is 5.31. The van der Waals surface area contributed by atoms with E-state index >= 15 is 0 Å². The Balaban J connectivity index is 1.68. The van der Waals surface area contributed by atoms with Crippen molar-refractivity contribution < 1.29 is 9.50 Å². The fraction of sp³-hybridized carbons (Fsp3) is 0.385. The van der Waals surface area contributed by atoms with Gasteiger partial charge in [0, 0.05) is 56.0 Å². The van der Waals surface area contributed by atoms with Crippen LogP contribution in [0.5, 0.6) is 0 Å². The van der Waals surface area contributed by atoms with Crippen LogP contribution in [0.25, 0.3) is 11.4 Å². The summed E-state index contributed by atoms with van der Waals surface area (Å²) in [6, 6.07) is 16.9. The van der Waals surface area contributed by atoms with Crippen molar-refractivity contribution in [2.75, 3.05) is 37.6 Å². The highest BCUT2D eigenvalue weighted by Crippen LogP contribution is 2.29. The normalized spacial score (nSPS) is 15.2. The van der Waals surface area contributed by atoms with Crippen molar-refractivity contribution in [2.45, 2.75) is 32.8 Å². The fourth-order valence-electron chi connectivity index (χ4n) is 4.26. The summed E-state index contributed by atoms with van der Waals surface area (Å²) in [4.78, 5) is 14.3. The van der Waals surface area contributed by atoms with Gasteiger partial charge in [-0.3, -0.25) is 4.90 Å². The summed E-state index contributed by atoms with van der Waals surface area (Å²) in [5.74, 6) is 1.36. The summed E-state index contributed by atoms with van der Waals surface area (Å²) in [7, 11) is 0. The Hall–Kier alpha value is -2.83. The van der Waals surface area contributed by atoms with Gasteiger partial charge < -0.3 is 10.0 Å². The fourth-order valence-corrected chi connectivity index (χ4v) is 4.26. The molecule has 0 bridgehead atoms. The van der Waals surface area contributed by atoms with Crippen molar-refractivity contribution in [2.24, 2.45) is 0 Å². The number of hydrogen-bond acceptors (Lipinski definition) is 5. The van der Waals surface area contributed by atoms with E-state index in [1.54, 1.807) is 6.07 Å². The molecule has 1 saturated heterocycles. The predicted molar refractivity (Wildman–Crippen MR) is 126 cm³/mol. The Morgan fingerprint density at radius 3 is 2.25 bits per heavy atom. The lowest BCUT2D eigenvalue weighted by Crippen LogP contribution is -2.51. The Labute approximate surface area is 189 Å². The summed E-state index contributed by atoms with van der Waals surface area (Å²) in [5.41, 5.74) is 2.73. The van der Waals surface area contributed by atoms with Crippen LogP contribution in [-0.4, -0.2) is 58.3 Å². The van der Waals surface area contributed by atoms with E-state index in [1.807, 2.05) is 63.2 Å². The molecule has 32 heavy (non-hydrogen) atoms. The van der Waals surface area contributed by atoms with Crippen LogP contribution in [0.3, 0.4) is 0 Å². The van der Waals surface area contributed by atoms with E-state index in [2.05, 4.69) is 9.80 Å². The highest BCUT2D eigenvalue weighted by atomic mass is 19.1. The molecule has 0 radical (unpaired) electrons. The summed E-state index contributed by atoms with van der Waals surface area (Å²) in [6.45, 7) is 9.58. The second-order valence-electron chi connectivity index (χ2n) is 9.14. The molecule has 1 N–H and O–H groups in total. The highest BCUT2D eigenvalue weighted by Gasteiger charge is 2.26. The Bertz CT molecular complexity index is 1060. The van der Waals surface area contributed by atoms with Crippen LogP contribution in [-0.2, 0) is 6.42 Å². The lowest BCUT2D eigenvalue weighted by Gasteiger charge is -2.38. The van der Waals surface area contributed by atoms with Crippen molar-refractivity contribution in [1.82, 2.24) is 14.9 Å². The van der Waals surface area contributed by atoms with Gasteiger partial charge in [-0.1, -0.05) is 48.5 Å². The zero-order valence-corrected chi connectivity index (χ0v) is 19.1. The van der Waals surface area contributed by atoms with Gasteiger partial charge in [-0.2, -0.15) is 0 Å². The Kier molecular flexibility index (Phi) is 6.53. The van der Waals surface area contributed by atoms with Gasteiger partial charge >= 0.3 is 0 Å². The van der Waals surface area contributed by atoms with Crippen molar-refractivity contribution in [3.8, 4) is 11.4 Å². The number of piperazine rings is 1. The second kappa shape index (κ2) is 9.35. The second-order valence-corrected chi connectivity index (χ2v) is 9.14. The molecule has 0 spiro atoms. The molecule has 1 aliphatic rings. The van der Waals surface area contributed by atoms with Gasteiger partial charge in [0.25, 0.3) is 0 Å². The first-order valence-corrected chi connectivity index (χ1v) is 11.2. The summed E-state index contributed by atoms with van der Waals surface area (Å²) >= 11 is 0. The van der Waals surface area contributed by atoms with Gasteiger partial charge in [0.05, 0.1) is 5.60 Å². The summed E-state index contributed by atoms with van der Waals surface area (Å²) in [6.07, 6.45) is 0.451. The van der Waals surface area contributed by atoms with Crippen LogP contribution >= 0.6 is 0 Å². The van der Waals surface area contributed by atoms with Gasteiger partial charge in [-0.15, -0.1) is 0 Å². The van der Waals surface area contributed by atoms with Crippen LogP contribution in [0, 0.1) is 12.7 Å². The van der Waals surface area contributed by atoms with Crippen molar-refractivity contribution in [3.63, 3.8) is 0 Å². The minimum Gasteiger partial charge on any atom is -0.389 e. The molecular weight excluding hydrogens is 403 g/mol. The number of anilines is 1. The lowest BCUT2D eigenvalue weighted by molar-refractivity contribution is 0.0344. The van der Waals surface area contributed by atoms with E-state index < -0.39 is 5.60 Å². The third-order valence-corrected chi connectivity index (χ3v) is 5.83. The van der Waals surface area contributed by atoms with E-state index in [4.69, 9.17) is 9.97 Å². The minimum atomic E-state index is -0.718. The highest BCUT2D eigenvalue weighted by molar-refractivity contribution is 5.61. The molecule has 1 aromatic heterocycles. The number of aromatic nitrogens is 2. The summed E-state index contributed by atoms with van der Waals surface area (Å²) < 4.78 is 14.4. The first kappa shape index (κ1) is 22.4. The van der Waals surface area contributed by atoms with E-state index in [1.165, 1.54) is 6.07 Å². The number of benzene rings is 2. The van der Waals surface area contributed by atoms with E-state index in [9.17, 15) is 9.50 Å². The molecule has 6 heteroatoms. The largest absolute Gasteiger partial charge is 0.389 e. The Morgan fingerprint density at radius 1 is 0.938 bits per heavy atom. The molecule has 0 aliphatic carbocycles. The lowest BCUT2D eigenvalue weighted by atomic mass is 10.0. The van der Waals surface area contributed by atoms with Gasteiger partial charge in [-0.05, 0) is 32.4 Å². The Morgan fingerprint density at radius 2 is 1.59 bits per heavy atom.